The summed E-state index contributed by atoms with van der Waals surface area (Å²) in [6.45, 7) is 0. The van der Waals surface area contributed by atoms with Crippen molar-refractivity contribution in [1.82, 2.24) is 9.97 Å². The number of hydrogen-bond donors (Lipinski definition) is 2. The van der Waals surface area contributed by atoms with Crippen molar-refractivity contribution in [3.8, 4) is 11.4 Å². The summed E-state index contributed by atoms with van der Waals surface area (Å²) in [4.78, 5) is 19.0. The van der Waals surface area contributed by atoms with Crippen LogP contribution in [0.15, 0.2) is 36.7 Å². The minimum atomic E-state index is 0.145. The first-order valence-electron chi connectivity index (χ1n) is 6.23. The van der Waals surface area contributed by atoms with E-state index >= 15 is 0 Å². The summed E-state index contributed by atoms with van der Waals surface area (Å²) in [5, 5.41) is 2.95. The second kappa shape index (κ2) is 4.64. The van der Waals surface area contributed by atoms with Gasteiger partial charge >= 0.3 is 0 Å². The Labute approximate surface area is 105 Å². The highest BCUT2D eigenvalue weighted by molar-refractivity contribution is 5.93. The molecule has 92 valence electrons. The zero-order chi connectivity index (χ0) is 12.4. The molecule has 1 amide bonds. The summed E-state index contributed by atoms with van der Waals surface area (Å²) in [6, 6.07) is 7.73. The Kier molecular flexibility index (Phi) is 2.84. The number of aromatic amines is 1. The van der Waals surface area contributed by atoms with Gasteiger partial charge in [0.25, 0.3) is 0 Å². The molecule has 1 aliphatic carbocycles. The Hall–Kier alpha value is -2.10. The van der Waals surface area contributed by atoms with E-state index in [9.17, 15) is 4.79 Å². The molecule has 0 unspecified atom stereocenters. The van der Waals surface area contributed by atoms with Crippen LogP contribution in [0.1, 0.15) is 19.3 Å². The van der Waals surface area contributed by atoms with Crippen LogP contribution < -0.4 is 5.32 Å². The molecule has 18 heavy (non-hydrogen) atoms. The number of hydrogen-bond acceptors (Lipinski definition) is 2. The van der Waals surface area contributed by atoms with Gasteiger partial charge in [0.15, 0.2) is 0 Å². The van der Waals surface area contributed by atoms with E-state index in [4.69, 9.17) is 0 Å². The number of aromatic nitrogens is 2. The predicted octanol–water partition coefficient (Wildman–Crippen LogP) is 2.82. The van der Waals surface area contributed by atoms with Crippen molar-refractivity contribution in [2.75, 3.05) is 5.32 Å². The van der Waals surface area contributed by atoms with Gasteiger partial charge in [0.1, 0.15) is 5.82 Å². The highest BCUT2D eigenvalue weighted by Gasteiger charge is 2.24. The lowest BCUT2D eigenvalue weighted by Crippen LogP contribution is -2.27. The Morgan fingerprint density at radius 3 is 2.61 bits per heavy atom. The molecule has 0 aliphatic heterocycles. The topological polar surface area (TPSA) is 57.8 Å². The van der Waals surface area contributed by atoms with Crippen LogP contribution >= 0.6 is 0 Å². The monoisotopic (exact) mass is 241 g/mol. The maximum absolute atomic E-state index is 11.8. The average Bonchev–Trinajstić information content (AvgIpc) is 2.81. The molecule has 1 aromatic carbocycles. The van der Waals surface area contributed by atoms with Crippen molar-refractivity contribution in [2.24, 2.45) is 5.92 Å². The first-order chi connectivity index (χ1) is 8.83. The zero-order valence-electron chi connectivity index (χ0n) is 10.0. The molecular weight excluding hydrogens is 226 g/mol. The second-order valence-electron chi connectivity index (χ2n) is 4.63. The third kappa shape index (κ3) is 2.14. The fourth-order valence-electron chi connectivity index (χ4n) is 2.05. The standard InChI is InChI=1S/C14H15N3O/c18-14(11-2-1-3-11)17-12-6-4-10(5-7-12)13-15-8-9-16-13/h4-9,11H,1-3H2,(H,15,16)(H,17,18). The number of nitrogens with zero attached hydrogens (tertiary/aromatic N) is 1. The molecule has 0 bridgehead atoms. The van der Waals surface area contributed by atoms with Gasteiger partial charge in [0, 0.05) is 29.6 Å². The largest absolute Gasteiger partial charge is 0.345 e. The molecule has 1 aliphatic rings. The first-order valence-corrected chi connectivity index (χ1v) is 6.23. The molecule has 0 saturated heterocycles. The number of amides is 1. The highest BCUT2D eigenvalue weighted by atomic mass is 16.1. The van der Waals surface area contributed by atoms with Crippen LogP contribution in [-0.4, -0.2) is 15.9 Å². The van der Waals surface area contributed by atoms with Crippen LogP contribution in [0, 0.1) is 5.92 Å². The van der Waals surface area contributed by atoms with E-state index in [-0.39, 0.29) is 11.8 Å². The summed E-state index contributed by atoms with van der Waals surface area (Å²) in [7, 11) is 0. The van der Waals surface area contributed by atoms with Crippen LogP contribution in [0.3, 0.4) is 0 Å². The molecule has 1 saturated carbocycles. The summed E-state index contributed by atoms with van der Waals surface area (Å²) < 4.78 is 0. The van der Waals surface area contributed by atoms with E-state index < -0.39 is 0 Å². The van der Waals surface area contributed by atoms with E-state index in [0.29, 0.717) is 0 Å². The van der Waals surface area contributed by atoms with Crippen molar-refractivity contribution in [3.63, 3.8) is 0 Å². The Morgan fingerprint density at radius 2 is 2.06 bits per heavy atom. The predicted molar refractivity (Wildman–Crippen MR) is 70.0 cm³/mol. The minimum absolute atomic E-state index is 0.145. The number of carbonyl (C=O) groups is 1. The smallest absolute Gasteiger partial charge is 0.227 e. The molecule has 0 radical (unpaired) electrons. The van der Waals surface area contributed by atoms with E-state index in [1.807, 2.05) is 24.3 Å². The molecule has 4 nitrogen and oxygen atoms in total. The van der Waals surface area contributed by atoms with Crippen molar-refractivity contribution in [3.05, 3.63) is 36.7 Å². The van der Waals surface area contributed by atoms with Crippen molar-refractivity contribution in [1.29, 1.82) is 0 Å². The SMILES string of the molecule is O=C(Nc1ccc(-c2ncc[nH]2)cc1)C1CCC1. The number of anilines is 1. The van der Waals surface area contributed by atoms with E-state index in [1.54, 1.807) is 12.4 Å². The molecule has 1 aromatic heterocycles. The van der Waals surface area contributed by atoms with Crippen molar-refractivity contribution >= 4 is 11.6 Å². The van der Waals surface area contributed by atoms with Gasteiger partial charge in [-0.05, 0) is 37.1 Å². The van der Waals surface area contributed by atoms with Gasteiger partial charge in [-0.15, -0.1) is 0 Å². The van der Waals surface area contributed by atoms with E-state index in [2.05, 4.69) is 15.3 Å². The summed E-state index contributed by atoms with van der Waals surface area (Å²) in [5.41, 5.74) is 1.86. The Bertz CT molecular complexity index is 527. The lowest BCUT2D eigenvalue weighted by atomic mass is 9.85. The molecule has 1 fully saturated rings. The number of H-pyrrole nitrogens is 1. The number of imidazole rings is 1. The lowest BCUT2D eigenvalue weighted by molar-refractivity contribution is -0.122. The summed E-state index contributed by atoms with van der Waals surface area (Å²) >= 11 is 0. The molecule has 1 heterocycles. The fraction of sp³-hybridized carbons (Fsp3) is 0.286. The molecule has 2 N–H and O–H groups in total. The van der Waals surface area contributed by atoms with Crippen LogP contribution in [0.25, 0.3) is 11.4 Å². The maximum Gasteiger partial charge on any atom is 0.227 e. The molecule has 2 aromatic rings. The quantitative estimate of drug-likeness (QED) is 0.868. The molecule has 0 atom stereocenters. The normalized spacial score (nSPS) is 15.1. The zero-order valence-corrected chi connectivity index (χ0v) is 10.0. The van der Waals surface area contributed by atoms with Crippen molar-refractivity contribution < 1.29 is 4.79 Å². The summed E-state index contributed by atoms with van der Waals surface area (Å²) in [5.74, 6) is 1.20. The molecular formula is C14H15N3O. The number of rotatable bonds is 3. The second-order valence-corrected chi connectivity index (χ2v) is 4.63. The third-order valence-electron chi connectivity index (χ3n) is 3.40. The van der Waals surface area contributed by atoms with Gasteiger partial charge in [-0.2, -0.15) is 0 Å². The highest BCUT2D eigenvalue weighted by Crippen LogP contribution is 2.27. The lowest BCUT2D eigenvalue weighted by Gasteiger charge is -2.24. The Balaban J connectivity index is 1.69. The van der Waals surface area contributed by atoms with Gasteiger partial charge in [0.05, 0.1) is 0 Å². The van der Waals surface area contributed by atoms with Gasteiger partial charge in [-0.1, -0.05) is 6.42 Å². The summed E-state index contributed by atoms with van der Waals surface area (Å²) in [6.07, 6.45) is 6.74. The fourth-order valence-corrected chi connectivity index (χ4v) is 2.05. The first kappa shape index (κ1) is 11.0. The van der Waals surface area contributed by atoms with Gasteiger partial charge in [-0.3, -0.25) is 4.79 Å². The van der Waals surface area contributed by atoms with E-state index in [1.165, 1.54) is 6.42 Å². The minimum Gasteiger partial charge on any atom is -0.345 e. The van der Waals surface area contributed by atoms with Gasteiger partial charge < -0.3 is 10.3 Å². The molecule has 0 spiro atoms. The number of carbonyl (C=O) groups excluding carboxylic acids is 1. The Morgan fingerprint density at radius 1 is 1.28 bits per heavy atom. The average molecular weight is 241 g/mol. The number of nitrogens with one attached hydrogen (secondary N) is 2. The van der Waals surface area contributed by atoms with Crippen molar-refractivity contribution in [2.45, 2.75) is 19.3 Å². The van der Waals surface area contributed by atoms with Crippen LogP contribution in [-0.2, 0) is 4.79 Å². The van der Waals surface area contributed by atoms with Crippen LogP contribution in [0.2, 0.25) is 0 Å². The number of benzene rings is 1. The van der Waals surface area contributed by atoms with Crippen LogP contribution in [0.4, 0.5) is 5.69 Å². The molecule has 4 heteroatoms. The van der Waals surface area contributed by atoms with Crippen LogP contribution in [0.5, 0.6) is 0 Å². The third-order valence-corrected chi connectivity index (χ3v) is 3.40. The van der Waals surface area contributed by atoms with E-state index in [0.717, 1.165) is 29.9 Å². The van der Waals surface area contributed by atoms with Gasteiger partial charge in [-0.25, -0.2) is 4.98 Å². The molecule has 3 rings (SSSR count). The maximum atomic E-state index is 11.8. The van der Waals surface area contributed by atoms with Gasteiger partial charge in [0.2, 0.25) is 5.91 Å².